The molecular formula is C16H14N4S. The fraction of sp³-hybridized carbons (Fsp3) is 0.125. The van der Waals surface area contributed by atoms with Crippen LogP contribution in [-0.2, 0) is 5.75 Å². The van der Waals surface area contributed by atoms with Crippen LogP contribution in [0.4, 0.5) is 0 Å². The smallest absolute Gasteiger partial charge is 0.166 e. The molecule has 0 aliphatic rings. The number of H-pyrrole nitrogens is 1. The van der Waals surface area contributed by atoms with E-state index in [-0.39, 0.29) is 0 Å². The Morgan fingerprint density at radius 1 is 1.24 bits per heavy atom. The summed E-state index contributed by atoms with van der Waals surface area (Å²) in [4.78, 5) is 12.4. The molecule has 0 spiro atoms. The van der Waals surface area contributed by atoms with Crippen LogP contribution in [-0.4, -0.2) is 19.4 Å². The van der Waals surface area contributed by atoms with Crippen LogP contribution < -0.4 is 0 Å². The average Bonchev–Trinajstić information content (AvgIpc) is 3.10. The molecule has 0 unspecified atom stereocenters. The van der Waals surface area contributed by atoms with Gasteiger partial charge >= 0.3 is 0 Å². The van der Waals surface area contributed by atoms with Crippen LogP contribution in [0.2, 0.25) is 0 Å². The number of hydrogen-bond acceptors (Lipinski definition) is 3. The normalized spacial score (nSPS) is 11.5. The zero-order valence-corrected chi connectivity index (χ0v) is 12.4. The van der Waals surface area contributed by atoms with E-state index in [2.05, 4.69) is 46.1 Å². The molecule has 0 saturated carbocycles. The van der Waals surface area contributed by atoms with Crippen molar-refractivity contribution < 1.29 is 0 Å². The fourth-order valence-corrected chi connectivity index (χ4v) is 3.30. The molecule has 5 heteroatoms. The number of pyridine rings is 1. The topological polar surface area (TPSA) is 46.0 Å². The molecule has 104 valence electrons. The molecule has 0 radical (unpaired) electrons. The molecule has 3 aromatic heterocycles. The molecule has 1 aromatic carbocycles. The summed E-state index contributed by atoms with van der Waals surface area (Å²) in [5, 5.41) is 0.948. The van der Waals surface area contributed by atoms with Crippen LogP contribution in [0.5, 0.6) is 0 Å². The molecule has 0 bridgehead atoms. The molecule has 21 heavy (non-hydrogen) atoms. The zero-order valence-electron chi connectivity index (χ0n) is 11.6. The van der Waals surface area contributed by atoms with Gasteiger partial charge in [0.15, 0.2) is 5.16 Å². The van der Waals surface area contributed by atoms with Crippen LogP contribution >= 0.6 is 11.8 Å². The van der Waals surface area contributed by atoms with E-state index < -0.39 is 0 Å². The van der Waals surface area contributed by atoms with E-state index in [0.717, 1.165) is 27.6 Å². The number of aryl methyl sites for hydroxylation is 1. The number of rotatable bonds is 3. The van der Waals surface area contributed by atoms with Crippen molar-refractivity contribution in [3.05, 3.63) is 60.0 Å². The van der Waals surface area contributed by atoms with Gasteiger partial charge in [-0.15, -0.1) is 0 Å². The largest absolute Gasteiger partial charge is 0.333 e. The second kappa shape index (κ2) is 4.93. The molecule has 3 heterocycles. The summed E-state index contributed by atoms with van der Waals surface area (Å²) in [5.41, 5.74) is 5.57. The highest BCUT2D eigenvalue weighted by molar-refractivity contribution is 7.98. The van der Waals surface area contributed by atoms with E-state index in [0.29, 0.717) is 0 Å². The van der Waals surface area contributed by atoms with Crippen LogP contribution in [0.3, 0.4) is 0 Å². The SMILES string of the molecule is Cc1ccc2nc(SCc3cccn4ccnc34)[nH]c2c1. The summed E-state index contributed by atoms with van der Waals surface area (Å²) < 4.78 is 2.04. The Labute approximate surface area is 126 Å². The molecule has 0 aliphatic carbocycles. The van der Waals surface area contributed by atoms with Gasteiger partial charge in [0, 0.05) is 29.9 Å². The third-order valence-electron chi connectivity index (χ3n) is 3.48. The van der Waals surface area contributed by atoms with Gasteiger partial charge < -0.3 is 9.38 Å². The van der Waals surface area contributed by atoms with E-state index in [4.69, 9.17) is 0 Å². The van der Waals surface area contributed by atoms with E-state index >= 15 is 0 Å². The molecule has 4 rings (SSSR count). The lowest BCUT2D eigenvalue weighted by atomic mass is 10.2. The molecular weight excluding hydrogens is 280 g/mol. The summed E-state index contributed by atoms with van der Waals surface area (Å²) in [7, 11) is 0. The Morgan fingerprint density at radius 2 is 2.19 bits per heavy atom. The monoisotopic (exact) mass is 294 g/mol. The van der Waals surface area contributed by atoms with Crippen molar-refractivity contribution in [3.63, 3.8) is 0 Å². The van der Waals surface area contributed by atoms with E-state index in [1.54, 1.807) is 11.8 Å². The molecule has 4 nitrogen and oxygen atoms in total. The Hall–Kier alpha value is -2.27. The summed E-state index contributed by atoms with van der Waals surface area (Å²) >= 11 is 1.70. The highest BCUT2D eigenvalue weighted by Crippen LogP contribution is 2.24. The van der Waals surface area contributed by atoms with Gasteiger partial charge in [-0.05, 0) is 30.7 Å². The lowest BCUT2D eigenvalue weighted by molar-refractivity contribution is 1.08. The molecule has 0 amide bonds. The second-order valence-electron chi connectivity index (χ2n) is 5.04. The van der Waals surface area contributed by atoms with E-state index in [1.165, 1.54) is 11.1 Å². The van der Waals surface area contributed by atoms with Crippen molar-refractivity contribution in [2.24, 2.45) is 0 Å². The Morgan fingerprint density at radius 3 is 3.14 bits per heavy atom. The Bertz CT molecular complexity index is 922. The van der Waals surface area contributed by atoms with Crippen LogP contribution in [0, 0.1) is 6.92 Å². The van der Waals surface area contributed by atoms with Crippen LogP contribution in [0.1, 0.15) is 11.1 Å². The third-order valence-corrected chi connectivity index (χ3v) is 4.40. The van der Waals surface area contributed by atoms with Gasteiger partial charge in [0.2, 0.25) is 0 Å². The molecule has 4 aromatic rings. The standard InChI is InChI=1S/C16H14N4S/c1-11-4-5-13-14(9-11)19-16(18-13)21-10-12-3-2-7-20-8-6-17-15(12)20/h2-9H,10H2,1H3,(H,18,19). The molecule has 0 saturated heterocycles. The predicted octanol–water partition coefficient (Wildman–Crippen LogP) is 3.81. The molecule has 1 N–H and O–H groups in total. The zero-order chi connectivity index (χ0) is 14.2. The van der Waals surface area contributed by atoms with Gasteiger partial charge in [-0.25, -0.2) is 9.97 Å². The van der Waals surface area contributed by atoms with Crippen molar-refractivity contribution >= 4 is 28.4 Å². The number of nitrogens with one attached hydrogen (secondary N) is 1. The second-order valence-corrected chi connectivity index (χ2v) is 6.01. The lowest BCUT2D eigenvalue weighted by Gasteiger charge is -2.01. The number of thioether (sulfide) groups is 1. The van der Waals surface area contributed by atoms with Gasteiger partial charge in [-0.2, -0.15) is 0 Å². The summed E-state index contributed by atoms with van der Waals surface area (Å²) in [6.45, 7) is 2.09. The first kappa shape index (κ1) is 12.5. The Kier molecular flexibility index (Phi) is 2.93. The van der Waals surface area contributed by atoms with Gasteiger partial charge in [0.25, 0.3) is 0 Å². The molecule has 0 atom stereocenters. The minimum atomic E-state index is 0.847. The maximum atomic E-state index is 4.62. The summed E-state index contributed by atoms with van der Waals surface area (Å²) in [6, 6.07) is 10.4. The highest BCUT2D eigenvalue weighted by Gasteiger charge is 2.06. The number of benzene rings is 1. The Balaban J connectivity index is 1.61. The number of fused-ring (bicyclic) bond motifs is 2. The van der Waals surface area contributed by atoms with Gasteiger partial charge in [0.05, 0.1) is 11.0 Å². The van der Waals surface area contributed by atoms with Gasteiger partial charge in [-0.1, -0.05) is 23.9 Å². The molecule has 0 aliphatic heterocycles. The van der Waals surface area contributed by atoms with Crippen molar-refractivity contribution in [1.82, 2.24) is 19.4 Å². The quantitative estimate of drug-likeness (QED) is 0.584. The maximum absolute atomic E-state index is 4.62. The summed E-state index contributed by atoms with van der Waals surface area (Å²) in [6.07, 6.45) is 5.81. The predicted molar refractivity (Wildman–Crippen MR) is 85.6 cm³/mol. The minimum Gasteiger partial charge on any atom is -0.333 e. The van der Waals surface area contributed by atoms with Crippen molar-refractivity contribution in [2.45, 2.75) is 17.8 Å². The number of imidazole rings is 2. The third kappa shape index (κ3) is 2.29. The first-order chi connectivity index (χ1) is 10.3. The van der Waals surface area contributed by atoms with Gasteiger partial charge in [0.1, 0.15) is 5.65 Å². The van der Waals surface area contributed by atoms with Crippen molar-refractivity contribution in [1.29, 1.82) is 0 Å². The number of aromatic nitrogens is 4. The molecule has 0 fully saturated rings. The van der Waals surface area contributed by atoms with Gasteiger partial charge in [-0.3, -0.25) is 0 Å². The number of hydrogen-bond donors (Lipinski definition) is 1. The van der Waals surface area contributed by atoms with Crippen molar-refractivity contribution in [3.8, 4) is 0 Å². The fourth-order valence-electron chi connectivity index (χ4n) is 2.44. The van der Waals surface area contributed by atoms with E-state index in [9.17, 15) is 0 Å². The highest BCUT2D eigenvalue weighted by atomic mass is 32.2. The number of nitrogens with zero attached hydrogens (tertiary/aromatic N) is 3. The van der Waals surface area contributed by atoms with Crippen LogP contribution in [0.25, 0.3) is 16.7 Å². The first-order valence-electron chi connectivity index (χ1n) is 6.79. The van der Waals surface area contributed by atoms with Crippen molar-refractivity contribution in [2.75, 3.05) is 0 Å². The number of aromatic amines is 1. The minimum absolute atomic E-state index is 0.847. The average molecular weight is 294 g/mol. The maximum Gasteiger partial charge on any atom is 0.166 e. The van der Waals surface area contributed by atoms with Crippen LogP contribution in [0.15, 0.2) is 54.1 Å². The van der Waals surface area contributed by atoms with E-state index in [1.807, 2.05) is 29.1 Å². The first-order valence-corrected chi connectivity index (χ1v) is 7.78. The lowest BCUT2D eigenvalue weighted by Crippen LogP contribution is -1.89. The summed E-state index contributed by atoms with van der Waals surface area (Å²) in [5.74, 6) is 0.847.